The number of furan rings is 1. The van der Waals surface area contributed by atoms with E-state index in [0.29, 0.717) is 6.04 Å². The van der Waals surface area contributed by atoms with Crippen LogP contribution in [0.2, 0.25) is 0 Å². The van der Waals surface area contributed by atoms with E-state index in [9.17, 15) is 0 Å². The average molecular weight is 258 g/mol. The standard InChI is InChI=1S/C16H22N2O/c1-17-16(15-6-4-3-5-7-15)8-10-18(2)12-14-9-11-19-13-14/h3-7,9,11,13,16-17H,8,10,12H2,1-2H3. The van der Waals surface area contributed by atoms with Crippen LogP contribution in [-0.4, -0.2) is 25.5 Å². The van der Waals surface area contributed by atoms with Gasteiger partial charge in [-0.3, -0.25) is 0 Å². The molecular weight excluding hydrogens is 236 g/mol. The summed E-state index contributed by atoms with van der Waals surface area (Å²) >= 11 is 0. The van der Waals surface area contributed by atoms with E-state index in [0.717, 1.165) is 19.5 Å². The van der Waals surface area contributed by atoms with Crippen LogP contribution >= 0.6 is 0 Å². The van der Waals surface area contributed by atoms with E-state index in [2.05, 4.69) is 47.6 Å². The number of nitrogens with one attached hydrogen (secondary N) is 1. The van der Waals surface area contributed by atoms with Crippen LogP contribution in [0.25, 0.3) is 0 Å². The molecule has 3 nitrogen and oxygen atoms in total. The van der Waals surface area contributed by atoms with Gasteiger partial charge >= 0.3 is 0 Å². The molecular formula is C16H22N2O. The molecule has 1 N–H and O–H groups in total. The van der Waals surface area contributed by atoms with Crippen molar-refractivity contribution in [3.8, 4) is 0 Å². The van der Waals surface area contributed by atoms with Gasteiger partial charge in [-0.1, -0.05) is 30.3 Å². The number of hydrogen-bond donors (Lipinski definition) is 1. The summed E-state index contributed by atoms with van der Waals surface area (Å²) in [6.45, 7) is 1.98. The van der Waals surface area contributed by atoms with Crippen LogP contribution in [0.15, 0.2) is 53.3 Å². The molecule has 3 heteroatoms. The molecule has 102 valence electrons. The number of hydrogen-bond acceptors (Lipinski definition) is 3. The first-order valence-electron chi connectivity index (χ1n) is 6.71. The Bertz CT molecular complexity index is 453. The summed E-state index contributed by atoms with van der Waals surface area (Å²) in [6, 6.07) is 13.0. The van der Waals surface area contributed by atoms with E-state index in [1.165, 1.54) is 11.1 Å². The zero-order valence-corrected chi connectivity index (χ0v) is 11.7. The van der Waals surface area contributed by atoms with Gasteiger partial charge in [0.15, 0.2) is 0 Å². The van der Waals surface area contributed by atoms with Crippen molar-refractivity contribution in [2.45, 2.75) is 19.0 Å². The topological polar surface area (TPSA) is 28.4 Å². The Morgan fingerprint density at radius 2 is 2.00 bits per heavy atom. The van der Waals surface area contributed by atoms with Gasteiger partial charge in [-0.15, -0.1) is 0 Å². The van der Waals surface area contributed by atoms with Crippen LogP contribution in [0.3, 0.4) is 0 Å². The Kier molecular flexibility index (Phi) is 5.19. The number of benzene rings is 1. The van der Waals surface area contributed by atoms with Crippen molar-refractivity contribution in [2.75, 3.05) is 20.6 Å². The van der Waals surface area contributed by atoms with E-state index in [1.54, 1.807) is 6.26 Å². The normalized spacial score (nSPS) is 12.8. The van der Waals surface area contributed by atoms with Gasteiger partial charge < -0.3 is 14.6 Å². The summed E-state index contributed by atoms with van der Waals surface area (Å²) in [7, 11) is 4.17. The van der Waals surface area contributed by atoms with Crippen molar-refractivity contribution < 1.29 is 4.42 Å². The maximum absolute atomic E-state index is 5.09. The largest absolute Gasteiger partial charge is 0.472 e. The highest BCUT2D eigenvalue weighted by Gasteiger charge is 2.10. The molecule has 0 spiro atoms. The van der Waals surface area contributed by atoms with E-state index >= 15 is 0 Å². The molecule has 1 atom stereocenters. The van der Waals surface area contributed by atoms with Gasteiger partial charge in [-0.2, -0.15) is 0 Å². The summed E-state index contributed by atoms with van der Waals surface area (Å²) < 4.78 is 5.09. The third kappa shape index (κ3) is 4.23. The van der Waals surface area contributed by atoms with Crippen molar-refractivity contribution in [1.29, 1.82) is 0 Å². The highest BCUT2D eigenvalue weighted by Crippen LogP contribution is 2.16. The molecule has 0 amide bonds. The third-order valence-corrected chi connectivity index (χ3v) is 3.38. The average Bonchev–Trinajstić information content (AvgIpc) is 2.93. The molecule has 0 aliphatic heterocycles. The Morgan fingerprint density at radius 1 is 1.21 bits per heavy atom. The lowest BCUT2D eigenvalue weighted by molar-refractivity contribution is 0.303. The van der Waals surface area contributed by atoms with Crippen LogP contribution in [-0.2, 0) is 6.54 Å². The van der Waals surface area contributed by atoms with Gasteiger partial charge in [-0.05, 0) is 38.7 Å². The molecule has 1 heterocycles. The van der Waals surface area contributed by atoms with Gasteiger partial charge in [-0.25, -0.2) is 0 Å². The second-order valence-electron chi connectivity index (χ2n) is 4.91. The molecule has 0 saturated carbocycles. The van der Waals surface area contributed by atoms with Crippen molar-refractivity contribution in [3.05, 3.63) is 60.1 Å². The summed E-state index contributed by atoms with van der Waals surface area (Å²) in [5.41, 5.74) is 2.57. The molecule has 1 aromatic carbocycles. The maximum Gasteiger partial charge on any atom is 0.0947 e. The van der Waals surface area contributed by atoms with Gasteiger partial charge in [0.2, 0.25) is 0 Å². The SMILES string of the molecule is CNC(CCN(C)Cc1ccoc1)c1ccccc1. The Morgan fingerprint density at radius 3 is 2.63 bits per heavy atom. The van der Waals surface area contributed by atoms with E-state index in [1.807, 2.05) is 19.4 Å². The lowest BCUT2D eigenvalue weighted by Gasteiger charge is -2.21. The molecule has 2 aromatic rings. The molecule has 0 aliphatic carbocycles. The fourth-order valence-electron chi connectivity index (χ4n) is 2.29. The summed E-state index contributed by atoms with van der Waals surface area (Å²) in [5, 5.41) is 3.39. The van der Waals surface area contributed by atoms with Gasteiger partial charge in [0, 0.05) is 18.2 Å². The van der Waals surface area contributed by atoms with Crippen LogP contribution in [0, 0.1) is 0 Å². The predicted octanol–water partition coefficient (Wildman–Crippen LogP) is 3.06. The van der Waals surface area contributed by atoms with Crippen LogP contribution in [0.1, 0.15) is 23.6 Å². The summed E-state index contributed by atoms with van der Waals surface area (Å²) in [6.07, 6.45) is 4.63. The fourth-order valence-corrected chi connectivity index (χ4v) is 2.29. The second kappa shape index (κ2) is 7.12. The van der Waals surface area contributed by atoms with E-state index in [4.69, 9.17) is 4.42 Å². The molecule has 0 aliphatic rings. The minimum absolute atomic E-state index is 0.410. The predicted molar refractivity (Wildman–Crippen MR) is 77.9 cm³/mol. The molecule has 0 bridgehead atoms. The van der Waals surface area contributed by atoms with Crippen LogP contribution in [0.5, 0.6) is 0 Å². The quantitative estimate of drug-likeness (QED) is 0.827. The van der Waals surface area contributed by atoms with Crippen molar-refractivity contribution in [2.24, 2.45) is 0 Å². The van der Waals surface area contributed by atoms with E-state index in [-0.39, 0.29) is 0 Å². The van der Waals surface area contributed by atoms with Gasteiger partial charge in [0.05, 0.1) is 12.5 Å². The van der Waals surface area contributed by atoms with Crippen molar-refractivity contribution in [1.82, 2.24) is 10.2 Å². The zero-order valence-electron chi connectivity index (χ0n) is 11.7. The highest BCUT2D eigenvalue weighted by atomic mass is 16.3. The van der Waals surface area contributed by atoms with Crippen molar-refractivity contribution in [3.63, 3.8) is 0 Å². The monoisotopic (exact) mass is 258 g/mol. The van der Waals surface area contributed by atoms with Crippen LogP contribution in [0.4, 0.5) is 0 Å². The Hall–Kier alpha value is -1.58. The molecule has 0 radical (unpaired) electrons. The first-order valence-corrected chi connectivity index (χ1v) is 6.71. The minimum atomic E-state index is 0.410. The minimum Gasteiger partial charge on any atom is -0.472 e. The maximum atomic E-state index is 5.09. The van der Waals surface area contributed by atoms with Crippen LogP contribution < -0.4 is 5.32 Å². The molecule has 1 aromatic heterocycles. The lowest BCUT2D eigenvalue weighted by Crippen LogP contribution is -2.25. The zero-order chi connectivity index (χ0) is 13.5. The Balaban J connectivity index is 1.83. The molecule has 1 unspecified atom stereocenters. The molecule has 2 rings (SSSR count). The summed E-state index contributed by atoms with van der Waals surface area (Å²) in [5.74, 6) is 0. The van der Waals surface area contributed by atoms with Gasteiger partial charge in [0.1, 0.15) is 0 Å². The van der Waals surface area contributed by atoms with Gasteiger partial charge in [0.25, 0.3) is 0 Å². The molecule has 0 saturated heterocycles. The first-order chi connectivity index (χ1) is 9.29. The number of rotatable bonds is 7. The second-order valence-corrected chi connectivity index (χ2v) is 4.91. The lowest BCUT2D eigenvalue weighted by atomic mass is 10.0. The van der Waals surface area contributed by atoms with Crippen molar-refractivity contribution >= 4 is 0 Å². The highest BCUT2D eigenvalue weighted by molar-refractivity contribution is 5.18. The molecule has 0 fully saturated rings. The first kappa shape index (κ1) is 13.8. The Labute approximate surface area is 115 Å². The van der Waals surface area contributed by atoms with E-state index < -0.39 is 0 Å². The smallest absolute Gasteiger partial charge is 0.0947 e. The number of nitrogens with zero attached hydrogens (tertiary/aromatic N) is 1. The molecule has 19 heavy (non-hydrogen) atoms. The summed E-state index contributed by atoms with van der Waals surface area (Å²) in [4.78, 5) is 2.32. The fraction of sp³-hybridized carbons (Fsp3) is 0.375. The third-order valence-electron chi connectivity index (χ3n) is 3.38.